The van der Waals surface area contributed by atoms with Crippen LogP contribution in [0, 0.1) is 6.92 Å². The Hall–Kier alpha value is -2.34. The molecule has 1 aliphatic heterocycles. The summed E-state index contributed by atoms with van der Waals surface area (Å²) < 4.78 is 10.2. The van der Waals surface area contributed by atoms with Crippen molar-refractivity contribution in [1.29, 1.82) is 0 Å². The molecule has 6 nitrogen and oxygen atoms in total. The molecule has 0 spiro atoms. The summed E-state index contributed by atoms with van der Waals surface area (Å²) in [6, 6.07) is 3.26. The van der Waals surface area contributed by atoms with Crippen LogP contribution in [-0.2, 0) is 22.5 Å². The fraction of sp³-hybridized carbons (Fsp3) is 0.500. The van der Waals surface area contributed by atoms with E-state index in [4.69, 9.17) is 9.15 Å². The van der Waals surface area contributed by atoms with Gasteiger partial charge in [0.05, 0.1) is 12.7 Å². The minimum Gasteiger partial charge on any atom is -0.507 e. The predicted octanol–water partition coefficient (Wildman–Crippen LogP) is 2.90. The van der Waals surface area contributed by atoms with Crippen molar-refractivity contribution in [2.75, 3.05) is 20.2 Å². The first-order valence-electron chi connectivity index (χ1n) is 9.07. The molecule has 0 atom stereocenters. The number of aryl methyl sites for hydroxylation is 2. The molecule has 1 saturated heterocycles. The highest BCUT2D eigenvalue weighted by atomic mass is 16.5. The summed E-state index contributed by atoms with van der Waals surface area (Å²) in [5.41, 5.74) is 2.13. The lowest BCUT2D eigenvalue weighted by molar-refractivity contribution is -0.140. The molecule has 0 radical (unpaired) electrons. The topological polar surface area (TPSA) is 80.0 Å². The number of hydrogen-bond acceptors (Lipinski definition) is 6. The molecule has 140 valence electrons. The molecule has 0 aliphatic carbocycles. The third-order valence-electron chi connectivity index (χ3n) is 5.05. The zero-order valence-corrected chi connectivity index (χ0v) is 15.3. The molecule has 2 aromatic rings. The smallest absolute Gasteiger partial charge is 0.336 e. The Morgan fingerprint density at radius 2 is 2.00 bits per heavy atom. The van der Waals surface area contributed by atoms with Crippen molar-refractivity contribution in [3.05, 3.63) is 39.2 Å². The van der Waals surface area contributed by atoms with Crippen LogP contribution in [-0.4, -0.2) is 36.2 Å². The molecule has 0 saturated carbocycles. The van der Waals surface area contributed by atoms with E-state index in [0.717, 1.165) is 36.9 Å². The van der Waals surface area contributed by atoms with Crippen LogP contribution >= 0.6 is 0 Å². The first kappa shape index (κ1) is 18.5. The molecule has 1 aliphatic rings. The normalized spacial score (nSPS) is 15.3. The summed E-state index contributed by atoms with van der Waals surface area (Å²) in [7, 11) is 1.35. The molecule has 0 unspecified atom stereocenters. The van der Waals surface area contributed by atoms with E-state index in [1.807, 2.05) is 13.0 Å². The van der Waals surface area contributed by atoms with Crippen LogP contribution in [0.4, 0.5) is 0 Å². The van der Waals surface area contributed by atoms with Crippen LogP contribution in [0.15, 0.2) is 21.3 Å². The van der Waals surface area contributed by atoms with E-state index >= 15 is 0 Å². The third kappa shape index (κ3) is 3.90. The average molecular weight is 359 g/mol. The maximum absolute atomic E-state index is 11.9. The maximum atomic E-state index is 11.9. The number of carbonyl (C=O) groups excluding carboxylic acids is 1. The summed E-state index contributed by atoms with van der Waals surface area (Å²) in [5, 5.41) is 11.6. The Labute approximate surface area is 152 Å². The van der Waals surface area contributed by atoms with Gasteiger partial charge in [-0.2, -0.15) is 0 Å². The second kappa shape index (κ2) is 7.91. The number of fused-ring (bicyclic) bond motifs is 1. The van der Waals surface area contributed by atoms with Gasteiger partial charge in [-0.3, -0.25) is 9.69 Å². The van der Waals surface area contributed by atoms with Crippen LogP contribution < -0.4 is 5.63 Å². The predicted molar refractivity (Wildman–Crippen MR) is 98.4 cm³/mol. The Kier molecular flexibility index (Phi) is 5.61. The first-order chi connectivity index (χ1) is 12.5. The number of methoxy groups -OCH3 is 1. The highest BCUT2D eigenvalue weighted by Crippen LogP contribution is 2.34. The standard InChI is InChI=1S/C20H25NO5/c1-13-10-18(23)26-20-15(13)11-14(6-7-17(22)25-2)19(24)16(20)12-21-8-4-3-5-9-21/h10-11,24H,3-9,12H2,1-2H3. The van der Waals surface area contributed by atoms with E-state index in [1.54, 1.807) is 0 Å². The quantitative estimate of drug-likeness (QED) is 0.653. The summed E-state index contributed by atoms with van der Waals surface area (Å²) in [5.74, 6) is -0.209. The van der Waals surface area contributed by atoms with Crippen LogP contribution in [0.5, 0.6) is 5.75 Å². The van der Waals surface area contributed by atoms with Crippen molar-refractivity contribution < 1.29 is 19.1 Å². The van der Waals surface area contributed by atoms with Gasteiger partial charge in [-0.1, -0.05) is 6.42 Å². The maximum Gasteiger partial charge on any atom is 0.336 e. The van der Waals surface area contributed by atoms with E-state index < -0.39 is 5.63 Å². The molecule has 2 heterocycles. The van der Waals surface area contributed by atoms with Gasteiger partial charge >= 0.3 is 11.6 Å². The molecule has 0 amide bonds. The van der Waals surface area contributed by atoms with Gasteiger partial charge in [-0.25, -0.2) is 4.79 Å². The highest BCUT2D eigenvalue weighted by molar-refractivity contribution is 5.86. The number of hydrogen-bond donors (Lipinski definition) is 1. The van der Waals surface area contributed by atoms with E-state index in [9.17, 15) is 14.7 Å². The number of phenols is 1. The van der Waals surface area contributed by atoms with Crippen LogP contribution in [0.2, 0.25) is 0 Å². The number of esters is 1. The lowest BCUT2D eigenvalue weighted by Gasteiger charge is -2.27. The van der Waals surface area contributed by atoms with Gasteiger partial charge in [-0.15, -0.1) is 0 Å². The van der Waals surface area contributed by atoms with Crippen molar-refractivity contribution in [2.24, 2.45) is 0 Å². The monoisotopic (exact) mass is 359 g/mol. The summed E-state index contributed by atoms with van der Waals surface area (Å²) in [6.45, 7) is 4.30. The van der Waals surface area contributed by atoms with E-state index in [1.165, 1.54) is 19.6 Å². The van der Waals surface area contributed by atoms with Gasteiger partial charge in [0.2, 0.25) is 0 Å². The number of piperidine rings is 1. The van der Waals surface area contributed by atoms with Crippen molar-refractivity contribution in [3.63, 3.8) is 0 Å². The second-order valence-electron chi connectivity index (χ2n) is 6.90. The number of aromatic hydroxyl groups is 1. The molecule has 0 bridgehead atoms. The lowest BCUT2D eigenvalue weighted by atomic mass is 9.97. The van der Waals surface area contributed by atoms with Gasteiger partial charge in [0.1, 0.15) is 11.3 Å². The molecular formula is C20H25NO5. The zero-order chi connectivity index (χ0) is 18.7. The number of ether oxygens (including phenoxy) is 1. The Bertz CT molecular complexity index is 865. The Balaban J connectivity index is 2.06. The fourth-order valence-electron chi connectivity index (χ4n) is 3.58. The number of nitrogens with zero attached hydrogens (tertiary/aromatic N) is 1. The van der Waals surface area contributed by atoms with Crippen LogP contribution in [0.25, 0.3) is 11.0 Å². The van der Waals surface area contributed by atoms with Gasteiger partial charge in [0.15, 0.2) is 0 Å². The number of likely N-dealkylation sites (tertiary alicyclic amines) is 1. The van der Waals surface area contributed by atoms with E-state index in [2.05, 4.69) is 4.90 Å². The molecule has 26 heavy (non-hydrogen) atoms. The van der Waals surface area contributed by atoms with Gasteiger partial charge in [-0.05, 0) is 56.5 Å². The highest BCUT2D eigenvalue weighted by Gasteiger charge is 2.21. The molecular weight excluding hydrogens is 334 g/mol. The number of carbonyl (C=O) groups is 1. The van der Waals surface area contributed by atoms with E-state index in [-0.39, 0.29) is 18.1 Å². The fourth-order valence-corrected chi connectivity index (χ4v) is 3.58. The average Bonchev–Trinajstić information content (AvgIpc) is 2.63. The van der Waals surface area contributed by atoms with Crippen LogP contribution in [0.1, 0.15) is 42.4 Å². The Morgan fingerprint density at radius 1 is 1.27 bits per heavy atom. The van der Waals surface area contributed by atoms with Crippen molar-refractivity contribution >= 4 is 16.9 Å². The Morgan fingerprint density at radius 3 is 2.69 bits per heavy atom. The number of rotatable bonds is 5. The number of benzene rings is 1. The van der Waals surface area contributed by atoms with Gasteiger partial charge < -0.3 is 14.3 Å². The molecule has 1 aromatic carbocycles. The minimum absolute atomic E-state index is 0.112. The van der Waals surface area contributed by atoms with Crippen molar-refractivity contribution in [1.82, 2.24) is 4.90 Å². The molecule has 3 rings (SSSR count). The molecule has 1 fully saturated rings. The van der Waals surface area contributed by atoms with Crippen molar-refractivity contribution in [2.45, 2.75) is 45.6 Å². The SMILES string of the molecule is COC(=O)CCc1cc2c(C)cc(=O)oc2c(CN2CCCCC2)c1O. The molecule has 1 N–H and O–H groups in total. The zero-order valence-electron chi connectivity index (χ0n) is 15.3. The molecule has 6 heteroatoms. The third-order valence-corrected chi connectivity index (χ3v) is 5.05. The first-order valence-corrected chi connectivity index (χ1v) is 9.07. The van der Waals surface area contributed by atoms with Gasteiger partial charge in [0.25, 0.3) is 0 Å². The minimum atomic E-state index is -0.420. The largest absolute Gasteiger partial charge is 0.507 e. The van der Waals surface area contributed by atoms with Crippen molar-refractivity contribution in [3.8, 4) is 5.75 Å². The lowest BCUT2D eigenvalue weighted by Crippen LogP contribution is -2.29. The van der Waals surface area contributed by atoms with Crippen LogP contribution in [0.3, 0.4) is 0 Å². The summed E-state index contributed by atoms with van der Waals surface area (Å²) >= 11 is 0. The summed E-state index contributed by atoms with van der Waals surface area (Å²) in [4.78, 5) is 25.6. The summed E-state index contributed by atoms with van der Waals surface area (Å²) in [6.07, 6.45) is 4.04. The second-order valence-corrected chi connectivity index (χ2v) is 6.90. The molecule has 1 aromatic heterocycles. The van der Waals surface area contributed by atoms with Gasteiger partial charge in [0, 0.05) is 24.4 Å². The van der Waals surface area contributed by atoms with E-state index in [0.29, 0.717) is 29.7 Å². The number of phenolic OH excluding ortho intramolecular Hbond substituents is 1.